The lowest BCUT2D eigenvalue weighted by molar-refractivity contribution is 0.0910. The van der Waals surface area contributed by atoms with Crippen molar-refractivity contribution in [3.63, 3.8) is 0 Å². The Balaban J connectivity index is 1.82. The van der Waals surface area contributed by atoms with Crippen LogP contribution in [-0.2, 0) is 6.42 Å². The highest BCUT2D eigenvalue weighted by atomic mass is 16.5. The largest absolute Gasteiger partial charge is 0.497 e. The molecule has 0 saturated heterocycles. The number of hydrogen-bond acceptors (Lipinski definition) is 5. The minimum absolute atomic E-state index is 0.113. The van der Waals surface area contributed by atoms with Gasteiger partial charge in [-0.3, -0.25) is 9.59 Å². The number of nitrogens with two attached hydrogens (primary N) is 1. The van der Waals surface area contributed by atoms with E-state index in [1.165, 1.54) is 0 Å². The molecule has 2 aromatic carbocycles. The molecule has 0 saturated carbocycles. The highest BCUT2D eigenvalue weighted by molar-refractivity contribution is 6.00. The molecule has 7 heteroatoms. The van der Waals surface area contributed by atoms with Gasteiger partial charge in [-0.2, -0.15) is 0 Å². The van der Waals surface area contributed by atoms with Gasteiger partial charge in [0.2, 0.25) is 0 Å². The zero-order valence-electron chi connectivity index (χ0n) is 19.6. The number of carbonyl (C=O) groups is 2. The van der Waals surface area contributed by atoms with Gasteiger partial charge in [-0.05, 0) is 43.0 Å². The minimum atomic E-state index is -0.540. The summed E-state index contributed by atoms with van der Waals surface area (Å²) < 4.78 is 12.8. The average Bonchev–Trinajstić information content (AvgIpc) is 3.08. The summed E-state index contributed by atoms with van der Waals surface area (Å²) in [6, 6.07) is 12.8. The number of primary amides is 1. The van der Waals surface area contributed by atoms with Crippen molar-refractivity contribution in [2.75, 3.05) is 19.5 Å². The molecule has 4 rings (SSSR count). The highest BCUT2D eigenvalue weighted by Crippen LogP contribution is 2.38. The summed E-state index contributed by atoms with van der Waals surface area (Å²) in [5.74, 6) is 0.856. The van der Waals surface area contributed by atoms with Crippen molar-refractivity contribution in [3.8, 4) is 17.2 Å². The number of amides is 1. The van der Waals surface area contributed by atoms with E-state index in [1.54, 1.807) is 26.4 Å². The molecule has 172 valence electrons. The van der Waals surface area contributed by atoms with Crippen molar-refractivity contribution in [3.05, 3.63) is 65.0 Å². The monoisotopic (exact) mass is 447 g/mol. The van der Waals surface area contributed by atoms with Gasteiger partial charge in [0.1, 0.15) is 11.5 Å². The first-order chi connectivity index (χ1) is 15.6. The zero-order valence-corrected chi connectivity index (χ0v) is 19.6. The fourth-order valence-electron chi connectivity index (χ4n) is 4.54. The predicted molar refractivity (Wildman–Crippen MR) is 128 cm³/mol. The fourth-order valence-corrected chi connectivity index (χ4v) is 4.54. The van der Waals surface area contributed by atoms with Crippen LogP contribution in [0.4, 0.5) is 11.4 Å². The van der Waals surface area contributed by atoms with Crippen molar-refractivity contribution in [2.24, 2.45) is 11.1 Å². The number of anilines is 2. The predicted octanol–water partition coefficient (Wildman–Crippen LogP) is 4.80. The summed E-state index contributed by atoms with van der Waals surface area (Å²) in [5.41, 5.74) is 10.7. The van der Waals surface area contributed by atoms with Crippen LogP contribution in [0.5, 0.6) is 11.5 Å². The second kappa shape index (κ2) is 8.31. The quantitative estimate of drug-likeness (QED) is 0.566. The van der Waals surface area contributed by atoms with E-state index in [1.807, 2.05) is 37.3 Å². The maximum atomic E-state index is 12.8. The Hall–Kier alpha value is -3.74. The fraction of sp³-hybridized carbons (Fsp3) is 0.308. The van der Waals surface area contributed by atoms with Gasteiger partial charge in [0.05, 0.1) is 25.5 Å². The molecule has 1 heterocycles. The summed E-state index contributed by atoms with van der Waals surface area (Å²) in [7, 11) is 3.16. The Labute approximate surface area is 193 Å². The van der Waals surface area contributed by atoms with E-state index in [2.05, 4.69) is 23.7 Å². The molecule has 33 heavy (non-hydrogen) atoms. The van der Waals surface area contributed by atoms with Gasteiger partial charge >= 0.3 is 0 Å². The third kappa shape index (κ3) is 4.31. The van der Waals surface area contributed by atoms with Crippen molar-refractivity contribution >= 4 is 23.1 Å². The summed E-state index contributed by atoms with van der Waals surface area (Å²) in [4.78, 5) is 24.9. The molecule has 0 atom stereocenters. The van der Waals surface area contributed by atoms with E-state index in [9.17, 15) is 9.59 Å². The van der Waals surface area contributed by atoms with Gasteiger partial charge in [0.15, 0.2) is 5.78 Å². The van der Waals surface area contributed by atoms with E-state index in [0.717, 1.165) is 29.1 Å². The standard InChI is InChI=1S/C26H29N3O4/c1-15-8-21-23(13-26(2,3)14-24(21)30)29(15)17-6-7-20(25(27)31)22(11-17)28-16-9-18(32-4)12-19(10-16)33-5/h6-12,28H,13-14H2,1-5H3,(H2,27,31). The molecule has 0 spiro atoms. The number of aryl methyl sites for hydroxylation is 1. The van der Waals surface area contributed by atoms with Crippen molar-refractivity contribution in [1.29, 1.82) is 0 Å². The second-order valence-corrected chi connectivity index (χ2v) is 9.24. The Morgan fingerprint density at radius 1 is 1.03 bits per heavy atom. The van der Waals surface area contributed by atoms with Crippen LogP contribution in [0.15, 0.2) is 42.5 Å². The summed E-state index contributed by atoms with van der Waals surface area (Å²) in [6.45, 7) is 6.21. The summed E-state index contributed by atoms with van der Waals surface area (Å²) in [5, 5.41) is 3.29. The molecule has 0 bridgehead atoms. The summed E-state index contributed by atoms with van der Waals surface area (Å²) in [6.07, 6.45) is 1.32. The Morgan fingerprint density at radius 3 is 2.30 bits per heavy atom. The molecule has 0 fully saturated rings. The molecular weight excluding hydrogens is 418 g/mol. The number of methoxy groups -OCH3 is 2. The Morgan fingerprint density at radius 2 is 1.70 bits per heavy atom. The van der Waals surface area contributed by atoms with Crippen LogP contribution in [0.25, 0.3) is 5.69 Å². The van der Waals surface area contributed by atoms with Gasteiger partial charge in [0, 0.05) is 52.9 Å². The lowest BCUT2D eigenvalue weighted by atomic mass is 9.76. The van der Waals surface area contributed by atoms with Crippen LogP contribution in [0.2, 0.25) is 0 Å². The summed E-state index contributed by atoms with van der Waals surface area (Å²) >= 11 is 0. The first-order valence-electron chi connectivity index (χ1n) is 10.8. The van der Waals surface area contributed by atoms with Gasteiger partial charge in [-0.1, -0.05) is 13.8 Å². The van der Waals surface area contributed by atoms with E-state index in [0.29, 0.717) is 34.9 Å². The zero-order chi connectivity index (χ0) is 23.9. The smallest absolute Gasteiger partial charge is 0.250 e. The maximum absolute atomic E-state index is 12.8. The number of nitrogens with one attached hydrogen (secondary N) is 1. The third-order valence-electron chi connectivity index (χ3n) is 6.03. The van der Waals surface area contributed by atoms with Gasteiger partial charge in [0.25, 0.3) is 5.91 Å². The number of rotatable bonds is 6. The number of ether oxygens (including phenoxy) is 2. The minimum Gasteiger partial charge on any atom is -0.497 e. The van der Waals surface area contributed by atoms with Crippen LogP contribution in [0, 0.1) is 12.3 Å². The molecule has 1 aliphatic carbocycles. The molecular formula is C26H29N3O4. The van der Waals surface area contributed by atoms with Gasteiger partial charge in [-0.15, -0.1) is 0 Å². The molecule has 3 N–H and O–H groups in total. The van der Waals surface area contributed by atoms with Gasteiger partial charge < -0.3 is 25.1 Å². The number of benzene rings is 2. The normalized spacial score (nSPS) is 14.5. The first-order valence-corrected chi connectivity index (χ1v) is 10.8. The molecule has 1 amide bonds. The first kappa shape index (κ1) is 22.5. The Bertz CT molecular complexity index is 1230. The molecule has 1 aliphatic rings. The third-order valence-corrected chi connectivity index (χ3v) is 6.03. The number of aromatic nitrogens is 1. The number of nitrogens with zero attached hydrogens (tertiary/aromatic N) is 1. The van der Waals surface area contributed by atoms with Crippen LogP contribution in [-0.4, -0.2) is 30.5 Å². The topological polar surface area (TPSA) is 95.6 Å². The number of carbonyl (C=O) groups excluding carboxylic acids is 2. The number of fused-ring (bicyclic) bond motifs is 1. The lowest BCUT2D eigenvalue weighted by Crippen LogP contribution is -2.27. The molecule has 3 aromatic rings. The average molecular weight is 448 g/mol. The van der Waals surface area contributed by atoms with Crippen LogP contribution in [0.1, 0.15) is 52.4 Å². The molecule has 0 unspecified atom stereocenters. The molecule has 7 nitrogen and oxygen atoms in total. The van der Waals surface area contributed by atoms with Crippen molar-refractivity contribution < 1.29 is 19.1 Å². The van der Waals surface area contributed by atoms with Crippen LogP contribution >= 0.6 is 0 Å². The van der Waals surface area contributed by atoms with Crippen molar-refractivity contribution in [2.45, 2.75) is 33.6 Å². The SMILES string of the molecule is COc1cc(Nc2cc(-n3c(C)cc4c3CC(C)(C)CC4=O)ccc2C(N)=O)cc(OC)c1. The van der Waals surface area contributed by atoms with Crippen LogP contribution in [0.3, 0.4) is 0 Å². The Kier molecular flexibility index (Phi) is 5.66. The van der Waals surface area contributed by atoms with Crippen LogP contribution < -0.4 is 20.5 Å². The van der Waals surface area contributed by atoms with E-state index in [-0.39, 0.29) is 11.2 Å². The lowest BCUT2D eigenvalue weighted by Gasteiger charge is -2.30. The van der Waals surface area contributed by atoms with E-state index in [4.69, 9.17) is 15.2 Å². The molecule has 1 aromatic heterocycles. The van der Waals surface area contributed by atoms with Crippen molar-refractivity contribution in [1.82, 2.24) is 4.57 Å². The maximum Gasteiger partial charge on any atom is 0.250 e. The highest BCUT2D eigenvalue weighted by Gasteiger charge is 2.34. The number of Topliss-reactive ketones (excluding diaryl/α,β-unsaturated/α-hetero) is 1. The second-order valence-electron chi connectivity index (χ2n) is 9.24. The number of ketones is 1. The molecule has 0 radical (unpaired) electrons. The molecule has 0 aliphatic heterocycles. The van der Waals surface area contributed by atoms with E-state index < -0.39 is 5.91 Å². The van der Waals surface area contributed by atoms with E-state index >= 15 is 0 Å². The number of hydrogen-bond donors (Lipinski definition) is 2. The van der Waals surface area contributed by atoms with Gasteiger partial charge in [-0.25, -0.2) is 0 Å².